The second-order valence-corrected chi connectivity index (χ2v) is 7.33. The number of hydrogen-bond donors (Lipinski definition) is 2. The molecule has 4 rings (SSSR count). The highest BCUT2D eigenvalue weighted by molar-refractivity contribution is 5.68. The van der Waals surface area contributed by atoms with Crippen molar-refractivity contribution >= 4 is 17.3 Å². The Hall–Kier alpha value is -3.28. The van der Waals surface area contributed by atoms with E-state index in [9.17, 15) is 4.79 Å². The van der Waals surface area contributed by atoms with Crippen LogP contribution in [0.2, 0.25) is 0 Å². The van der Waals surface area contributed by atoms with Gasteiger partial charge in [0.1, 0.15) is 5.75 Å². The van der Waals surface area contributed by atoms with E-state index in [1.165, 1.54) is 24.9 Å². The van der Waals surface area contributed by atoms with Gasteiger partial charge in [-0.05, 0) is 68.1 Å². The van der Waals surface area contributed by atoms with Gasteiger partial charge in [-0.15, -0.1) is 0 Å². The number of methoxy groups -OCH3 is 1. The highest BCUT2D eigenvalue weighted by Gasteiger charge is 2.13. The number of H-pyrrole nitrogens is 1. The molecular weight excluding hydrogens is 364 g/mol. The summed E-state index contributed by atoms with van der Waals surface area (Å²) in [6, 6.07) is 15.7. The van der Waals surface area contributed by atoms with Crippen LogP contribution in [0.5, 0.6) is 5.75 Å². The quantitative estimate of drug-likeness (QED) is 0.672. The first kappa shape index (κ1) is 19.1. The highest BCUT2D eigenvalue weighted by atomic mass is 16.5. The Morgan fingerprint density at radius 2 is 1.83 bits per heavy atom. The topological polar surface area (TPSA) is 70.2 Å². The second-order valence-electron chi connectivity index (χ2n) is 7.33. The Kier molecular flexibility index (Phi) is 5.51. The molecule has 2 heterocycles. The maximum atomic E-state index is 12.7. The van der Waals surface area contributed by atoms with Crippen LogP contribution in [0.25, 0.3) is 11.1 Å². The van der Waals surface area contributed by atoms with Crippen molar-refractivity contribution in [2.45, 2.75) is 26.2 Å². The van der Waals surface area contributed by atoms with Gasteiger partial charge in [-0.3, -0.25) is 9.78 Å². The van der Waals surface area contributed by atoms with Crippen molar-refractivity contribution in [2.24, 2.45) is 0 Å². The molecule has 0 amide bonds. The SMILES string of the molecule is COc1cccc(-c2c(C)nc(Nc3ccc(N4CCCCC4)cc3)[nH]c2=O)c1. The number of rotatable bonds is 5. The van der Waals surface area contributed by atoms with Gasteiger partial charge in [-0.1, -0.05) is 12.1 Å². The summed E-state index contributed by atoms with van der Waals surface area (Å²) in [5.74, 6) is 1.14. The first-order valence-corrected chi connectivity index (χ1v) is 10.0. The number of anilines is 3. The summed E-state index contributed by atoms with van der Waals surface area (Å²) in [6.45, 7) is 4.08. The molecule has 6 heteroatoms. The average molecular weight is 390 g/mol. The molecule has 3 aromatic rings. The monoisotopic (exact) mass is 390 g/mol. The molecule has 0 radical (unpaired) electrons. The van der Waals surface area contributed by atoms with Crippen molar-refractivity contribution in [2.75, 3.05) is 30.4 Å². The first-order valence-electron chi connectivity index (χ1n) is 10.0. The molecule has 0 saturated carbocycles. The number of aryl methyl sites for hydroxylation is 1. The Balaban J connectivity index is 1.54. The van der Waals surface area contributed by atoms with Crippen molar-refractivity contribution < 1.29 is 4.74 Å². The van der Waals surface area contributed by atoms with E-state index >= 15 is 0 Å². The summed E-state index contributed by atoms with van der Waals surface area (Å²) >= 11 is 0. The zero-order valence-electron chi connectivity index (χ0n) is 16.9. The van der Waals surface area contributed by atoms with Crippen LogP contribution in [0.4, 0.5) is 17.3 Å². The lowest BCUT2D eigenvalue weighted by atomic mass is 10.1. The van der Waals surface area contributed by atoms with Gasteiger partial charge in [0.25, 0.3) is 5.56 Å². The Bertz CT molecular complexity index is 1040. The molecule has 1 fully saturated rings. The van der Waals surface area contributed by atoms with Gasteiger partial charge in [0.15, 0.2) is 0 Å². The van der Waals surface area contributed by atoms with Crippen LogP contribution in [0.1, 0.15) is 25.0 Å². The lowest BCUT2D eigenvalue weighted by Gasteiger charge is -2.28. The van der Waals surface area contributed by atoms with Crippen molar-refractivity contribution in [3.63, 3.8) is 0 Å². The standard InChI is InChI=1S/C23H26N4O2/c1-16-21(17-7-6-8-20(15-17)29-2)22(28)26-23(24-16)25-18-9-11-19(12-10-18)27-13-4-3-5-14-27/h6-12,15H,3-5,13-14H2,1-2H3,(H2,24,25,26,28). The van der Waals surface area contributed by atoms with E-state index in [1.54, 1.807) is 7.11 Å². The predicted octanol–water partition coefficient (Wildman–Crippen LogP) is 4.49. The van der Waals surface area contributed by atoms with Crippen LogP contribution in [0, 0.1) is 6.92 Å². The van der Waals surface area contributed by atoms with Gasteiger partial charge < -0.3 is 15.0 Å². The number of nitrogens with one attached hydrogen (secondary N) is 2. The lowest BCUT2D eigenvalue weighted by Crippen LogP contribution is -2.29. The minimum atomic E-state index is -0.182. The van der Waals surface area contributed by atoms with Crippen molar-refractivity contribution in [3.8, 4) is 16.9 Å². The van der Waals surface area contributed by atoms with E-state index in [1.807, 2.05) is 43.3 Å². The molecule has 0 spiro atoms. The Morgan fingerprint density at radius 1 is 1.07 bits per heavy atom. The minimum Gasteiger partial charge on any atom is -0.497 e. The van der Waals surface area contributed by atoms with Gasteiger partial charge in [0.2, 0.25) is 5.95 Å². The van der Waals surface area contributed by atoms with Crippen molar-refractivity contribution in [1.82, 2.24) is 9.97 Å². The zero-order valence-corrected chi connectivity index (χ0v) is 16.9. The third kappa shape index (κ3) is 4.26. The summed E-state index contributed by atoms with van der Waals surface area (Å²) in [5, 5.41) is 3.21. The van der Waals surface area contributed by atoms with Crippen LogP contribution < -0.4 is 20.5 Å². The molecule has 1 aliphatic rings. The molecule has 0 atom stereocenters. The predicted molar refractivity (Wildman–Crippen MR) is 117 cm³/mol. The van der Waals surface area contributed by atoms with Crippen LogP contribution >= 0.6 is 0 Å². The van der Waals surface area contributed by atoms with Gasteiger partial charge in [0, 0.05) is 24.5 Å². The van der Waals surface area contributed by atoms with Crippen molar-refractivity contribution in [3.05, 3.63) is 64.6 Å². The molecule has 0 unspecified atom stereocenters. The Morgan fingerprint density at radius 3 is 2.52 bits per heavy atom. The fraction of sp³-hybridized carbons (Fsp3) is 0.304. The molecular formula is C23H26N4O2. The van der Waals surface area contributed by atoms with Gasteiger partial charge in [0.05, 0.1) is 18.4 Å². The molecule has 0 bridgehead atoms. The maximum absolute atomic E-state index is 12.7. The van der Waals surface area contributed by atoms with Crippen LogP contribution in [-0.2, 0) is 0 Å². The van der Waals surface area contributed by atoms with E-state index in [0.717, 1.165) is 24.3 Å². The van der Waals surface area contributed by atoms with E-state index in [4.69, 9.17) is 4.74 Å². The molecule has 150 valence electrons. The van der Waals surface area contributed by atoms with Gasteiger partial charge in [-0.25, -0.2) is 4.98 Å². The molecule has 1 aromatic heterocycles. The second kappa shape index (κ2) is 8.39. The summed E-state index contributed by atoms with van der Waals surface area (Å²) in [5.41, 5.74) is 3.94. The normalized spacial score (nSPS) is 13.9. The number of ether oxygens (including phenoxy) is 1. The fourth-order valence-corrected chi connectivity index (χ4v) is 3.81. The lowest BCUT2D eigenvalue weighted by molar-refractivity contribution is 0.415. The fourth-order valence-electron chi connectivity index (χ4n) is 3.81. The van der Waals surface area contributed by atoms with E-state index < -0.39 is 0 Å². The first-order chi connectivity index (χ1) is 14.1. The van der Waals surface area contributed by atoms with E-state index in [-0.39, 0.29) is 5.56 Å². The molecule has 1 aliphatic heterocycles. The Labute approximate surface area is 170 Å². The molecule has 1 saturated heterocycles. The number of aromatic nitrogens is 2. The van der Waals surface area contributed by atoms with Crippen LogP contribution in [0.15, 0.2) is 53.3 Å². The van der Waals surface area contributed by atoms with Crippen molar-refractivity contribution in [1.29, 1.82) is 0 Å². The summed E-state index contributed by atoms with van der Waals surface area (Å²) in [7, 11) is 1.61. The zero-order chi connectivity index (χ0) is 20.2. The van der Waals surface area contributed by atoms with Crippen LogP contribution in [-0.4, -0.2) is 30.2 Å². The smallest absolute Gasteiger partial charge is 0.260 e. The van der Waals surface area contributed by atoms with Crippen LogP contribution in [0.3, 0.4) is 0 Å². The maximum Gasteiger partial charge on any atom is 0.260 e. The third-order valence-electron chi connectivity index (χ3n) is 5.31. The summed E-state index contributed by atoms with van der Waals surface area (Å²) in [6.07, 6.45) is 3.83. The minimum absolute atomic E-state index is 0.182. The highest BCUT2D eigenvalue weighted by Crippen LogP contribution is 2.25. The summed E-state index contributed by atoms with van der Waals surface area (Å²) < 4.78 is 5.26. The number of benzene rings is 2. The largest absolute Gasteiger partial charge is 0.497 e. The van der Waals surface area contributed by atoms with Gasteiger partial charge >= 0.3 is 0 Å². The van der Waals surface area contributed by atoms with E-state index in [0.29, 0.717) is 23.0 Å². The number of nitrogens with zero attached hydrogens (tertiary/aromatic N) is 2. The molecule has 2 N–H and O–H groups in total. The number of piperidine rings is 1. The summed E-state index contributed by atoms with van der Waals surface area (Å²) in [4.78, 5) is 22.6. The average Bonchev–Trinajstić information content (AvgIpc) is 2.74. The molecule has 6 nitrogen and oxygen atoms in total. The number of hydrogen-bond acceptors (Lipinski definition) is 5. The molecule has 29 heavy (non-hydrogen) atoms. The molecule has 0 aliphatic carbocycles. The van der Waals surface area contributed by atoms with E-state index in [2.05, 4.69) is 32.3 Å². The molecule has 2 aromatic carbocycles. The number of aromatic amines is 1. The van der Waals surface area contributed by atoms with Gasteiger partial charge in [-0.2, -0.15) is 0 Å². The third-order valence-corrected chi connectivity index (χ3v) is 5.31.